The molecule has 4 rings (SSSR count). The second-order valence-electron chi connectivity index (χ2n) is 6.44. The van der Waals surface area contributed by atoms with Crippen molar-refractivity contribution < 1.29 is 19.1 Å². The summed E-state index contributed by atoms with van der Waals surface area (Å²) in [5, 5.41) is 0.815. The van der Waals surface area contributed by atoms with Crippen LogP contribution in [0.2, 0.25) is 10.0 Å². The summed E-state index contributed by atoms with van der Waals surface area (Å²) in [4.78, 5) is 25.0. The molecule has 0 amide bonds. The number of halogens is 2. The lowest BCUT2D eigenvalue weighted by Gasteiger charge is -2.07. The first-order chi connectivity index (χ1) is 13.9. The minimum atomic E-state index is -0.481. The number of fused-ring (bicyclic) bond motifs is 1. The minimum Gasteiger partial charge on any atom is -0.452 e. The fourth-order valence-corrected chi connectivity index (χ4v) is 3.48. The van der Waals surface area contributed by atoms with E-state index in [-0.39, 0.29) is 17.3 Å². The third-order valence-electron chi connectivity index (χ3n) is 4.49. The molecule has 0 spiro atoms. The number of ketones is 1. The summed E-state index contributed by atoms with van der Waals surface area (Å²) in [6.07, 6.45) is 1.51. The van der Waals surface area contributed by atoms with Gasteiger partial charge in [-0.1, -0.05) is 47.5 Å². The van der Waals surface area contributed by atoms with E-state index in [9.17, 15) is 9.59 Å². The van der Waals surface area contributed by atoms with E-state index in [4.69, 9.17) is 32.7 Å². The van der Waals surface area contributed by atoms with E-state index in [1.807, 2.05) is 19.1 Å². The number of benzene rings is 3. The van der Waals surface area contributed by atoms with Gasteiger partial charge in [-0.2, -0.15) is 0 Å². The van der Waals surface area contributed by atoms with Crippen LogP contribution in [0.15, 0.2) is 66.4 Å². The molecule has 0 N–H and O–H groups in total. The van der Waals surface area contributed by atoms with Crippen LogP contribution >= 0.6 is 23.2 Å². The Bertz CT molecular complexity index is 1160. The molecule has 6 heteroatoms. The van der Waals surface area contributed by atoms with Crippen molar-refractivity contribution in [2.75, 3.05) is 0 Å². The number of esters is 1. The van der Waals surface area contributed by atoms with E-state index in [1.54, 1.807) is 42.5 Å². The third kappa shape index (κ3) is 3.77. The summed E-state index contributed by atoms with van der Waals surface area (Å²) in [6.45, 7) is 1.83. The first kappa shape index (κ1) is 19.2. The molecule has 0 saturated carbocycles. The first-order valence-corrected chi connectivity index (χ1v) is 9.50. The maximum absolute atomic E-state index is 12.6. The Kier molecular flexibility index (Phi) is 5.14. The number of carbonyl (C=O) groups is 2. The maximum atomic E-state index is 12.6. The van der Waals surface area contributed by atoms with Gasteiger partial charge in [-0.05, 0) is 48.9 Å². The molecule has 4 nitrogen and oxygen atoms in total. The number of rotatable bonds is 3. The van der Waals surface area contributed by atoms with Crippen LogP contribution in [0.1, 0.15) is 31.8 Å². The normalized spacial score (nSPS) is 13.9. The Morgan fingerprint density at radius 3 is 2.45 bits per heavy atom. The van der Waals surface area contributed by atoms with Gasteiger partial charge in [0.15, 0.2) is 5.76 Å². The number of allylic oxidation sites excluding steroid dienone is 1. The highest BCUT2D eigenvalue weighted by molar-refractivity contribution is 6.37. The largest absolute Gasteiger partial charge is 0.452 e. The molecule has 0 saturated heterocycles. The van der Waals surface area contributed by atoms with Gasteiger partial charge in [-0.3, -0.25) is 4.79 Å². The van der Waals surface area contributed by atoms with Gasteiger partial charge in [0.25, 0.3) is 0 Å². The second-order valence-corrected chi connectivity index (χ2v) is 7.25. The molecule has 0 bridgehead atoms. The Labute approximate surface area is 177 Å². The first-order valence-electron chi connectivity index (χ1n) is 8.74. The maximum Gasteiger partial charge on any atom is 0.343 e. The monoisotopic (exact) mass is 424 g/mol. The van der Waals surface area contributed by atoms with Gasteiger partial charge < -0.3 is 9.47 Å². The summed E-state index contributed by atoms with van der Waals surface area (Å²) in [7, 11) is 0. The predicted molar refractivity (Wildman–Crippen MR) is 112 cm³/mol. The molecule has 1 heterocycles. The van der Waals surface area contributed by atoms with Crippen LogP contribution < -0.4 is 9.47 Å². The van der Waals surface area contributed by atoms with Crippen molar-refractivity contribution >= 4 is 41.0 Å². The summed E-state index contributed by atoms with van der Waals surface area (Å²) in [5.74, 6) is -0.0996. The van der Waals surface area contributed by atoms with Crippen LogP contribution in [0.3, 0.4) is 0 Å². The van der Waals surface area contributed by atoms with E-state index < -0.39 is 5.97 Å². The van der Waals surface area contributed by atoms with Crippen LogP contribution in [0, 0.1) is 6.92 Å². The fraction of sp³-hybridized carbons (Fsp3) is 0.0435. The zero-order chi connectivity index (χ0) is 20.5. The molecular weight excluding hydrogens is 411 g/mol. The lowest BCUT2D eigenvalue weighted by Crippen LogP contribution is -2.10. The molecule has 144 valence electrons. The topological polar surface area (TPSA) is 52.6 Å². The lowest BCUT2D eigenvalue weighted by molar-refractivity contribution is 0.0733. The Balaban J connectivity index is 1.60. The number of hydrogen-bond acceptors (Lipinski definition) is 4. The number of aryl methyl sites for hydroxylation is 1. The highest BCUT2D eigenvalue weighted by Gasteiger charge is 2.28. The standard InChI is InChI=1S/C23H14Cl2O4/c1-13-5-2-3-6-15(13)23(27)28-14-9-10-16-20(11-14)29-21(22(16)26)12-17-18(24)7-4-8-19(17)25/h2-12H,1H3/b21-12-. The molecule has 0 aromatic heterocycles. The molecule has 3 aromatic rings. The molecule has 1 aliphatic heterocycles. The van der Waals surface area contributed by atoms with E-state index in [2.05, 4.69) is 0 Å². The van der Waals surface area contributed by atoms with Crippen molar-refractivity contribution in [2.24, 2.45) is 0 Å². The van der Waals surface area contributed by atoms with Crippen molar-refractivity contribution in [3.63, 3.8) is 0 Å². The molecular formula is C23H14Cl2O4. The van der Waals surface area contributed by atoms with Crippen LogP contribution in [-0.4, -0.2) is 11.8 Å². The number of ether oxygens (including phenoxy) is 2. The van der Waals surface area contributed by atoms with Crippen LogP contribution in [0.4, 0.5) is 0 Å². The van der Waals surface area contributed by atoms with Crippen LogP contribution in [-0.2, 0) is 0 Å². The fourth-order valence-electron chi connectivity index (χ4n) is 2.97. The van der Waals surface area contributed by atoms with Gasteiger partial charge in [-0.15, -0.1) is 0 Å². The van der Waals surface area contributed by atoms with Crippen molar-refractivity contribution in [3.8, 4) is 11.5 Å². The van der Waals surface area contributed by atoms with Crippen molar-refractivity contribution in [2.45, 2.75) is 6.92 Å². The van der Waals surface area contributed by atoms with Crippen molar-refractivity contribution in [1.82, 2.24) is 0 Å². The summed E-state index contributed by atoms with van der Waals surface area (Å²) in [6, 6.07) is 16.8. The number of hydrogen-bond donors (Lipinski definition) is 0. The smallest absolute Gasteiger partial charge is 0.343 e. The summed E-state index contributed by atoms with van der Waals surface area (Å²) >= 11 is 12.3. The molecule has 0 radical (unpaired) electrons. The zero-order valence-corrected chi connectivity index (χ0v) is 16.8. The summed E-state index contributed by atoms with van der Waals surface area (Å²) in [5.41, 5.74) is 2.15. The van der Waals surface area contributed by atoms with Crippen LogP contribution in [0.25, 0.3) is 6.08 Å². The van der Waals surface area contributed by atoms with Crippen LogP contribution in [0.5, 0.6) is 11.5 Å². The van der Waals surface area contributed by atoms with Crippen molar-refractivity contribution in [3.05, 3.63) is 98.7 Å². The van der Waals surface area contributed by atoms with Gasteiger partial charge in [0, 0.05) is 21.7 Å². The Morgan fingerprint density at radius 2 is 1.72 bits per heavy atom. The SMILES string of the molecule is Cc1ccccc1C(=O)Oc1ccc2c(c1)O/C(=C\c1c(Cl)cccc1Cl)C2=O. The van der Waals surface area contributed by atoms with Gasteiger partial charge in [0.05, 0.1) is 11.1 Å². The number of carbonyl (C=O) groups excluding carboxylic acids is 2. The average molecular weight is 425 g/mol. The molecule has 0 aliphatic carbocycles. The second kappa shape index (κ2) is 7.74. The minimum absolute atomic E-state index is 0.0948. The van der Waals surface area contributed by atoms with Gasteiger partial charge in [0.2, 0.25) is 5.78 Å². The van der Waals surface area contributed by atoms with E-state index in [0.717, 1.165) is 5.56 Å². The van der Waals surface area contributed by atoms with E-state index >= 15 is 0 Å². The Hall–Kier alpha value is -3.08. The van der Waals surface area contributed by atoms with Crippen molar-refractivity contribution in [1.29, 1.82) is 0 Å². The molecule has 29 heavy (non-hydrogen) atoms. The average Bonchev–Trinajstić information content (AvgIpc) is 3.00. The molecule has 0 atom stereocenters. The highest BCUT2D eigenvalue weighted by atomic mass is 35.5. The molecule has 1 aliphatic rings. The highest BCUT2D eigenvalue weighted by Crippen LogP contribution is 2.36. The van der Waals surface area contributed by atoms with Gasteiger partial charge in [-0.25, -0.2) is 4.79 Å². The molecule has 0 fully saturated rings. The lowest BCUT2D eigenvalue weighted by atomic mass is 10.1. The van der Waals surface area contributed by atoms with Gasteiger partial charge in [0.1, 0.15) is 11.5 Å². The Morgan fingerprint density at radius 1 is 1.00 bits per heavy atom. The predicted octanol–water partition coefficient (Wildman–Crippen LogP) is 6.14. The summed E-state index contributed by atoms with van der Waals surface area (Å²) < 4.78 is 11.1. The van der Waals surface area contributed by atoms with E-state index in [0.29, 0.717) is 32.5 Å². The molecule has 0 unspecified atom stereocenters. The number of Topliss-reactive ketones (excluding diaryl/α,β-unsaturated/α-hetero) is 1. The van der Waals surface area contributed by atoms with Gasteiger partial charge >= 0.3 is 5.97 Å². The molecule has 3 aromatic carbocycles. The zero-order valence-electron chi connectivity index (χ0n) is 15.2. The van der Waals surface area contributed by atoms with E-state index in [1.165, 1.54) is 12.1 Å². The quantitative estimate of drug-likeness (QED) is 0.288. The third-order valence-corrected chi connectivity index (χ3v) is 5.15.